The number of carboxylic acid groups (broad SMARTS) is 1. The zero-order chi connectivity index (χ0) is 17.8. The maximum absolute atomic E-state index is 11.4. The Hall–Kier alpha value is -2.75. The van der Waals surface area contributed by atoms with E-state index < -0.39 is 5.97 Å². The van der Waals surface area contributed by atoms with Crippen molar-refractivity contribution < 1.29 is 14.6 Å². The van der Waals surface area contributed by atoms with Gasteiger partial charge in [0.05, 0.1) is 19.2 Å². The van der Waals surface area contributed by atoms with Crippen molar-refractivity contribution in [1.29, 1.82) is 0 Å². The molecule has 2 N–H and O–H groups in total. The highest BCUT2D eigenvalue weighted by molar-refractivity contribution is 5.94. The number of aryl methyl sites for hydroxylation is 1. The normalized spacial score (nSPS) is 11.0. The fourth-order valence-corrected chi connectivity index (χ4v) is 3.19. The van der Waals surface area contributed by atoms with E-state index in [2.05, 4.69) is 30.1 Å². The molecule has 0 aliphatic heterocycles. The van der Waals surface area contributed by atoms with Crippen LogP contribution in [0.2, 0.25) is 0 Å². The number of methoxy groups -OCH3 is 1. The first-order valence-electron chi connectivity index (χ1n) is 8.62. The Bertz CT molecular complexity index is 895. The largest absolute Gasteiger partial charge is 0.497 e. The summed E-state index contributed by atoms with van der Waals surface area (Å²) >= 11 is 0. The van der Waals surface area contributed by atoms with E-state index >= 15 is 0 Å². The molecule has 0 unspecified atom stereocenters. The smallest absolute Gasteiger partial charge is 0.307 e. The minimum absolute atomic E-state index is 0.0101. The van der Waals surface area contributed by atoms with Crippen molar-refractivity contribution in [2.75, 3.05) is 7.11 Å². The van der Waals surface area contributed by atoms with Crippen molar-refractivity contribution in [1.82, 2.24) is 4.98 Å². The zero-order valence-corrected chi connectivity index (χ0v) is 14.6. The monoisotopic (exact) mass is 337 g/mol. The maximum Gasteiger partial charge on any atom is 0.307 e. The van der Waals surface area contributed by atoms with E-state index in [4.69, 9.17) is 4.74 Å². The van der Waals surface area contributed by atoms with E-state index in [0.717, 1.165) is 52.7 Å². The van der Waals surface area contributed by atoms with Gasteiger partial charge in [0.25, 0.3) is 0 Å². The zero-order valence-electron chi connectivity index (χ0n) is 14.6. The van der Waals surface area contributed by atoms with Gasteiger partial charge in [-0.25, -0.2) is 0 Å². The van der Waals surface area contributed by atoms with Gasteiger partial charge in [0, 0.05) is 16.5 Å². The second-order valence-electron chi connectivity index (χ2n) is 6.26. The number of carboxylic acids is 1. The van der Waals surface area contributed by atoms with Gasteiger partial charge in [-0.2, -0.15) is 0 Å². The van der Waals surface area contributed by atoms with E-state index in [-0.39, 0.29) is 6.42 Å². The van der Waals surface area contributed by atoms with E-state index in [9.17, 15) is 9.90 Å². The van der Waals surface area contributed by atoms with E-state index in [1.165, 1.54) is 5.56 Å². The van der Waals surface area contributed by atoms with E-state index in [1.54, 1.807) is 7.11 Å². The number of benzene rings is 2. The molecule has 0 fully saturated rings. The first-order chi connectivity index (χ1) is 12.1. The average molecular weight is 337 g/mol. The first-order valence-corrected chi connectivity index (χ1v) is 8.62. The van der Waals surface area contributed by atoms with Crippen molar-refractivity contribution in [2.45, 2.75) is 32.6 Å². The van der Waals surface area contributed by atoms with Gasteiger partial charge in [0.15, 0.2) is 0 Å². The van der Waals surface area contributed by atoms with Crippen molar-refractivity contribution in [2.24, 2.45) is 0 Å². The Morgan fingerprint density at radius 2 is 2.04 bits per heavy atom. The number of H-pyrrole nitrogens is 1. The molecule has 4 nitrogen and oxygen atoms in total. The SMILES string of the molecule is CCCCc1ccc2[nH]c(-c3cccc(OC)c3)c(CC(=O)O)c2c1. The third-order valence-electron chi connectivity index (χ3n) is 4.48. The summed E-state index contributed by atoms with van der Waals surface area (Å²) in [6.45, 7) is 2.17. The third-order valence-corrected chi connectivity index (χ3v) is 4.48. The molecule has 0 saturated carbocycles. The van der Waals surface area contributed by atoms with Crippen LogP contribution in [0.5, 0.6) is 5.75 Å². The second kappa shape index (κ2) is 7.43. The van der Waals surface area contributed by atoms with Crippen molar-refractivity contribution in [3.8, 4) is 17.0 Å². The highest BCUT2D eigenvalue weighted by Crippen LogP contribution is 2.33. The fraction of sp³-hybridized carbons (Fsp3) is 0.286. The quantitative estimate of drug-likeness (QED) is 0.650. The summed E-state index contributed by atoms with van der Waals surface area (Å²) in [5, 5.41) is 10.4. The summed E-state index contributed by atoms with van der Waals surface area (Å²) in [6.07, 6.45) is 3.28. The molecule has 0 atom stereocenters. The van der Waals surface area contributed by atoms with Crippen LogP contribution in [0.3, 0.4) is 0 Å². The highest BCUT2D eigenvalue weighted by Gasteiger charge is 2.16. The molecule has 3 aromatic rings. The average Bonchev–Trinajstić information content (AvgIpc) is 2.97. The second-order valence-corrected chi connectivity index (χ2v) is 6.26. The molecule has 1 heterocycles. The summed E-state index contributed by atoms with van der Waals surface area (Å²) < 4.78 is 5.30. The Morgan fingerprint density at radius 1 is 1.20 bits per heavy atom. The molecule has 0 aliphatic carbocycles. The Morgan fingerprint density at radius 3 is 2.76 bits per heavy atom. The highest BCUT2D eigenvalue weighted by atomic mass is 16.5. The lowest BCUT2D eigenvalue weighted by molar-refractivity contribution is -0.136. The van der Waals surface area contributed by atoms with Crippen LogP contribution in [0.4, 0.5) is 0 Å². The van der Waals surface area contributed by atoms with Crippen LogP contribution in [0.1, 0.15) is 30.9 Å². The van der Waals surface area contributed by atoms with Gasteiger partial charge in [0.1, 0.15) is 5.75 Å². The molecule has 0 amide bonds. The standard InChI is InChI=1S/C21H23NO3/c1-3-4-6-14-9-10-19-17(11-14)18(13-20(23)24)21(22-19)15-7-5-8-16(12-15)25-2/h5,7-12,22H,3-4,6,13H2,1-2H3,(H,23,24). The van der Waals surface area contributed by atoms with Crippen LogP contribution < -0.4 is 4.74 Å². The predicted octanol–water partition coefficient (Wildman–Crippen LogP) is 4.81. The lowest BCUT2D eigenvalue weighted by Gasteiger charge is -2.06. The molecule has 2 aromatic carbocycles. The van der Waals surface area contributed by atoms with Crippen LogP contribution in [-0.4, -0.2) is 23.2 Å². The van der Waals surface area contributed by atoms with Gasteiger partial charge in [-0.15, -0.1) is 0 Å². The summed E-state index contributed by atoms with van der Waals surface area (Å²) in [4.78, 5) is 14.8. The van der Waals surface area contributed by atoms with Crippen LogP contribution in [0, 0.1) is 0 Å². The van der Waals surface area contributed by atoms with Gasteiger partial charge in [0.2, 0.25) is 0 Å². The number of aromatic amines is 1. The molecular weight excluding hydrogens is 314 g/mol. The molecule has 0 radical (unpaired) electrons. The van der Waals surface area contributed by atoms with E-state index in [1.807, 2.05) is 24.3 Å². The van der Waals surface area contributed by atoms with Crippen molar-refractivity contribution in [3.63, 3.8) is 0 Å². The lowest BCUT2D eigenvalue weighted by Crippen LogP contribution is -2.01. The topological polar surface area (TPSA) is 62.3 Å². The fourth-order valence-electron chi connectivity index (χ4n) is 3.19. The number of hydrogen-bond acceptors (Lipinski definition) is 2. The molecule has 0 spiro atoms. The molecule has 0 saturated heterocycles. The number of aliphatic carboxylic acids is 1. The Labute approximate surface area is 147 Å². The predicted molar refractivity (Wildman–Crippen MR) is 100 cm³/mol. The van der Waals surface area contributed by atoms with Gasteiger partial charge in [-0.05, 0) is 48.2 Å². The number of carbonyl (C=O) groups is 1. The number of unbranched alkanes of at least 4 members (excludes halogenated alkanes) is 1. The summed E-state index contributed by atoms with van der Waals surface area (Å²) in [5.41, 5.74) is 4.83. The number of nitrogens with one attached hydrogen (secondary N) is 1. The maximum atomic E-state index is 11.4. The van der Waals surface area contributed by atoms with Gasteiger partial charge < -0.3 is 14.8 Å². The molecule has 1 aromatic heterocycles. The minimum atomic E-state index is -0.830. The van der Waals surface area contributed by atoms with Crippen molar-refractivity contribution >= 4 is 16.9 Å². The van der Waals surface area contributed by atoms with Crippen LogP contribution >= 0.6 is 0 Å². The molecule has 3 rings (SSSR count). The van der Waals surface area contributed by atoms with Gasteiger partial charge in [-0.1, -0.05) is 31.5 Å². The number of ether oxygens (including phenoxy) is 1. The van der Waals surface area contributed by atoms with Crippen LogP contribution in [-0.2, 0) is 17.6 Å². The first kappa shape index (κ1) is 17.1. The summed E-state index contributed by atoms with van der Waals surface area (Å²) in [6, 6.07) is 14.0. The summed E-state index contributed by atoms with van der Waals surface area (Å²) in [5.74, 6) is -0.0786. The van der Waals surface area contributed by atoms with Crippen molar-refractivity contribution in [3.05, 3.63) is 53.6 Å². The molecule has 0 aliphatic rings. The Kier molecular flexibility index (Phi) is 5.08. The minimum Gasteiger partial charge on any atom is -0.497 e. The molecule has 130 valence electrons. The number of fused-ring (bicyclic) bond motifs is 1. The van der Waals surface area contributed by atoms with Crippen LogP contribution in [0.25, 0.3) is 22.2 Å². The summed E-state index contributed by atoms with van der Waals surface area (Å²) in [7, 11) is 1.63. The van der Waals surface area contributed by atoms with Gasteiger partial charge >= 0.3 is 5.97 Å². The van der Waals surface area contributed by atoms with Gasteiger partial charge in [-0.3, -0.25) is 4.79 Å². The molecule has 25 heavy (non-hydrogen) atoms. The van der Waals surface area contributed by atoms with E-state index in [0.29, 0.717) is 0 Å². The number of aromatic nitrogens is 1. The molecule has 4 heteroatoms. The Balaban J connectivity index is 2.14. The molecule has 0 bridgehead atoms. The number of rotatable bonds is 7. The molecular formula is C21H23NO3. The third kappa shape index (κ3) is 3.68. The lowest BCUT2D eigenvalue weighted by atomic mass is 10.00. The van der Waals surface area contributed by atoms with Crippen LogP contribution in [0.15, 0.2) is 42.5 Å². The number of hydrogen-bond donors (Lipinski definition) is 2.